The van der Waals surface area contributed by atoms with Crippen LogP contribution in [0.4, 0.5) is 16.4 Å². The van der Waals surface area contributed by atoms with Gasteiger partial charge >= 0.3 is 6.09 Å². The second kappa shape index (κ2) is 6.90. The lowest BCUT2D eigenvalue weighted by Gasteiger charge is -2.26. The third kappa shape index (κ3) is 3.12. The van der Waals surface area contributed by atoms with E-state index in [1.165, 1.54) is 0 Å². The van der Waals surface area contributed by atoms with E-state index < -0.39 is 6.09 Å². The number of morpholine rings is 1. The summed E-state index contributed by atoms with van der Waals surface area (Å²) in [6.07, 6.45) is -0.935. The molecule has 4 heterocycles. The molecule has 1 saturated heterocycles. The van der Waals surface area contributed by atoms with Gasteiger partial charge in [-0.2, -0.15) is 0 Å². The normalized spacial score (nSPS) is 14.6. The van der Waals surface area contributed by atoms with E-state index in [0.717, 1.165) is 22.3 Å². The zero-order valence-corrected chi connectivity index (χ0v) is 16.1. The number of aromatic nitrogens is 2. The van der Waals surface area contributed by atoms with Crippen LogP contribution in [0.3, 0.4) is 0 Å². The topological polar surface area (TPSA) is 130 Å². The fourth-order valence-electron chi connectivity index (χ4n) is 3.34. The lowest BCUT2D eigenvalue weighted by atomic mass is 10.2. The highest BCUT2D eigenvalue weighted by atomic mass is 32.1. The summed E-state index contributed by atoms with van der Waals surface area (Å²) in [7, 11) is 0. The van der Waals surface area contributed by atoms with Gasteiger partial charge in [-0.1, -0.05) is 29.5 Å². The van der Waals surface area contributed by atoms with E-state index in [4.69, 9.17) is 30.3 Å². The lowest BCUT2D eigenvalue weighted by molar-refractivity contribution is 0.122. The van der Waals surface area contributed by atoms with E-state index in [1.54, 1.807) is 0 Å². The van der Waals surface area contributed by atoms with Gasteiger partial charge in [0.25, 0.3) is 0 Å². The number of anilines is 2. The molecule has 1 aromatic carbocycles. The van der Waals surface area contributed by atoms with Crippen molar-refractivity contribution in [3.8, 4) is 16.5 Å². The summed E-state index contributed by atoms with van der Waals surface area (Å²) in [6.45, 7) is 2.56. The molecule has 148 valence electrons. The number of carbonyl (C=O) groups is 1. The van der Waals surface area contributed by atoms with Gasteiger partial charge in [-0.15, -0.1) is 0 Å². The van der Waals surface area contributed by atoms with Crippen molar-refractivity contribution in [3.05, 3.63) is 30.3 Å². The van der Waals surface area contributed by atoms with Crippen molar-refractivity contribution in [2.24, 2.45) is 5.73 Å². The van der Waals surface area contributed by atoms with Gasteiger partial charge in [0.1, 0.15) is 16.1 Å². The predicted molar refractivity (Wildman–Crippen MR) is 110 cm³/mol. The molecular formula is C19H17N5O4S. The number of benzene rings is 1. The Balaban J connectivity index is 1.74. The number of hydrogen-bond acceptors (Lipinski definition) is 9. The molecule has 0 radical (unpaired) electrons. The number of fused-ring (bicyclic) bond motifs is 2. The van der Waals surface area contributed by atoms with Crippen LogP contribution in [-0.4, -0.2) is 42.4 Å². The lowest BCUT2D eigenvalue weighted by Crippen LogP contribution is -2.37. The molecule has 5 rings (SSSR count). The fourth-order valence-corrected chi connectivity index (χ4v) is 4.29. The first-order valence-electron chi connectivity index (χ1n) is 8.99. The molecule has 9 nitrogen and oxygen atoms in total. The molecular weight excluding hydrogens is 394 g/mol. The largest absolute Gasteiger partial charge is 0.454 e. The number of nitrogen functional groups attached to an aromatic ring is 1. The molecule has 1 aliphatic heterocycles. The Kier molecular flexibility index (Phi) is 4.22. The standard InChI is InChI=1S/C19H17N5O4S/c20-14-13-15(12-9-10-3-1-2-4-11(10)27-12)22-19(24-5-7-26-8-6-24)23-16(13)29-17(14)28-18(21)25/h1-4,9H,5-8,20H2,(H2,21,25). The van der Waals surface area contributed by atoms with Gasteiger partial charge in [0, 0.05) is 18.5 Å². The molecule has 0 unspecified atom stereocenters. The second-order valence-corrected chi connectivity index (χ2v) is 7.49. The zero-order valence-electron chi connectivity index (χ0n) is 15.3. The van der Waals surface area contributed by atoms with E-state index in [9.17, 15) is 4.79 Å². The highest BCUT2D eigenvalue weighted by Crippen LogP contribution is 2.44. The van der Waals surface area contributed by atoms with E-state index in [2.05, 4.69) is 4.98 Å². The summed E-state index contributed by atoms with van der Waals surface area (Å²) in [5, 5.41) is 1.71. The van der Waals surface area contributed by atoms with Crippen LogP contribution in [0.25, 0.3) is 32.6 Å². The average molecular weight is 411 g/mol. The molecule has 29 heavy (non-hydrogen) atoms. The van der Waals surface area contributed by atoms with Crippen molar-refractivity contribution in [2.45, 2.75) is 0 Å². The molecule has 4 aromatic rings. The van der Waals surface area contributed by atoms with Gasteiger partial charge in [-0.3, -0.25) is 0 Å². The number of nitrogens with zero attached hydrogens (tertiary/aromatic N) is 3. The number of hydrogen-bond donors (Lipinski definition) is 2. The Bertz CT molecular complexity index is 1200. The Morgan fingerprint density at radius 1 is 1.21 bits per heavy atom. The third-order valence-corrected chi connectivity index (χ3v) is 5.67. The van der Waals surface area contributed by atoms with E-state index in [1.807, 2.05) is 35.2 Å². The molecule has 0 aliphatic carbocycles. The molecule has 1 aliphatic rings. The Hall–Kier alpha value is -3.37. The molecule has 0 atom stereocenters. The molecule has 10 heteroatoms. The van der Waals surface area contributed by atoms with Gasteiger partial charge in [0.15, 0.2) is 5.76 Å². The maximum Gasteiger partial charge on any atom is 0.410 e. The summed E-state index contributed by atoms with van der Waals surface area (Å²) in [5.41, 5.74) is 13.0. The highest BCUT2D eigenvalue weighted by molar-refractivity contribution is 7.21. The fraction of sp³-hybridized carbons (Fsp3) is 0.211. The van der Waals surface area contributed by atoms with Crippen molar-refractivity contribution in [1.29, 1.82) is 0 Å². The van der Waals surface area contributed by atoms with Gasteiger partial charge in [-0.05, 0) is 12.1 Å². The minimum atomic E-state index is -0.935. The molecule has 3 aromatic heterocycles. The van der Waals surface area contributed by atoms with Gasteiger partial charge in [-0.25, -0.2) is 14.8 Å². The molecule has 0 saturated carbocycles. The maximum absolute atomic E-state index is 11.3. The molecule has 0 spiro atoms. The number of amides is 1. The highest BCUT2D eigenvalue weighted by Gasteiger charge is 2.24. The van der Waals surface area contributed by atoms with Crippen LogP contribution < -0.4 is 21.1 Å². The van der Waals surface area contributed by atoms with Crippen LogP contribution in [0.15, 0.2) is 34.7 Å². The first-order valence-corrected chi connectivity index (χ1v) is 9.81. The van der Waals surface area contributed by atoms with E-state index in [0.29, 0.717) is 53.9 Å². The monoisotopic (exact) mass is 411 g/mol. The number of rotatable bonds is 3. The molecule has 1 fully saturated rings. The quantitative estimate of drug-likeness (QED) is 0.526. The summed E-state index contributed by atoms with van der Waals surface area (Å²) < 4.78 is 16.5. The number of carbonyl (C=O) groups excluding carboxylic acids is 1. The molecule has 0 bridgehead atoms. The maximum atomic E-state index is 11.3. The van der Waals surface area contributed by atoms with Crippen molar-refractivity contribution in [2.75, 3.05) is 36.9 Å². The van der Waals surface area contributed by atoms with Crippen LogP contribution in [0.1, 0.15) is 0 Å². The number of furan rings is 1. The van der Waals surface area contributed by atoms with Crippen LogP contribution in [0.5, 0.6) is 5.06 Å². The van der Waals surface area contributed by atoms with Gasteiger partial charge in [0.2, 0.25) is 11.0 Å². The van der Waals surface area contributed by atoms with Crippen LogP contribution in [-0.2, 0) is 4.74 Å². The van der Waals surface area contributed by atoms with Crippen molar-refractivity contribution >= 4 is 50.3 Å². The van der Waals surface area contributed by atoms with Crippen LogP contribution in [0, 0.1) is 0 Å². The molecule has 4 N–H and O–H groups in total. The number of primary amides is 1. The number of thiophene rings is 1. The average Bonchev–Trinajstić information content (AvgIpc) is 3.29. The van der Waals surface area contributed by atoms with Gasteiger partial charge in [0.05, 0.1) is 24.3 Å². The zero-order chi connectivity index (χ0) is 20.0. The van der Waals surface area contributed by atoms with E-state index >= 15 is 0 Å². The Morgan fingerprint density at radius 2 is 2.00 bits per heavy atom. The van der Waals surface area contributed by atoms with Crippen molar-refractivity contribution in [1.82, 2.24) is 9.97 Å². The summed E-state index contributed by atoms with van der Waals surface area (Å²) in [4.78, 5) is 23.3. The summed E-state index contributed by atoms with van der Waals surface area (Å²) in [6, 6.07) is 9.60. The van der Waals surface area contributed by atoms with Crippen LogP contribution >= 0.6 is 11.3 Å². The molecule has 1 amide bonds. The smallest absolute Gasteiger partial charge is 0.410 e. The number of nitrogens with two attached hydrogens (primary N) is 2. The Labute approximate surface area is 168 Å². The minimum Gasteiger partial charge on any atom is -0.454 e. The third-order valence-electron chi connectivity index (χ3n) is 4.69. The van der Waals surface area contributed by atoms with Gasteiger partial charge < -0.3 is 30.3 Å². The SMILES string of the molecule is NC(=O)Oc1sc2nc(N3CCOCC3)nc(-c3cc4ccccc4o3)c2c1N. The number of para-hydroxylation sites is 1. The van der Waals surface area contributed by atoms with Crippen LogP contribution in [0.2, 0.25) is 0 Å². The number of ether oxygens (including phenoxy) is 2. The minimum absolute atomic E-state index is 0.193. The van der Waals surface area contributed by atoms with Crippen molar-refractivity contribution in [3.63, 3.8) is 0 Å². The second-order valence-electron chi connectivity index (χ2n) is 6.52. The Morgan fingerprint density at radius 3 is 2.76 bits per heavy atom. The summed E-state index contributed by atoms with van der Waals surface area (Å²) in [5.74, 6) is 1.10. The first-order chi connectivity index (χ1) is 14.1. The predicted octanol–water partition coefficient (Wildman–Crippen LogP) is 2.98. The van der Waals surface area contributed by atoms with Crippen molar-refractivity contribution < 1.29 is 18.7 Å². The first kappa shape index (κ1) is 17.7. The van der Waals surface area contributed by atoms with E-state index in [-0.39, 0.29) is 10.8 Å². The summed E-state index contributed by atoms with van der Waals surface area (Å²) >= 11 is 1.15.